The van der Waals surface area contributed by atoms with Gasteiger partial charge in [-0.25, -0.2) is 0 Å². The molecule has 2 rings (SSSR count). The summed E-state index contributed by atoms with van der Waals surface area (Å²) < 4.78 is 10.8. The summed E-state index contributed by atoms with van der Waals surface area (Å²) in [5.74, 6) is 0.439. The SMILES string of the molecule is CCOc1ccc(NC(=O)C2CNCCO2)cc1CO. The zero-order chi connectivity index (χ0) is 14.4. The maximum absolute atomic E-state index is 12.0. The van der Waals surface area contributed by atoms with E-state index >= 15 is 0 Å². The van der Waals surface area contributed by atoms with Crippen molar-refractivity contribution >= 4 is 11.6 Å². The van der Waals surface area contributed by atoms with Gasteiger partial charge in [0, 0.05) is 24.3 Å². The lowest BCUT2D eigenvalue weighted by Gasteiger charge is -2.22. The number of carbonyl (C=O) groups is 1. The summed E-state index contributed by atoms with van der Waals surface area (Å²) in [5, 5.41) is 15.2. The minimum absolute atomic E-state index is 0.138. The van der Waals surface area contributed by atoms with Gasteiger partial charge in [-0.15, -0.1) is 0 Å². The number of hydrogen-bond acceptors (Lipinski definition) is 5. The van der Waals surface area contributed by atoms with Gasteiger partial charge in [0.05, 0.1) is 19.8 Å². The molecule has 0 saturated carbocycles. The van der Waals surface area contributed by atoms with Gasteiger partial charge in [-0.05, 0) is 25.1 Å². The predicted molar refractivity (Wildman–Crippen MR) is 74.8 cm³/mol. The van der Waals surface area contributed by atoms with Crippen molar-refractivity contribution in [2.45, 2.75) is 19.6 Å². The molecule has 1 aliphatic rings. The van der Waals surface area contributed by atoms with Gasteiger partial charge in [0.1, 0.15) is 11.9 Å². The van der Waals surface area contributed by atoms with E-state index in [1.807, 2.05) is 6.92 Å². The van der Waals surface area contributed by atoms with E-state index in [4.69, 9.17) is 9.47 Å². The second-order valence-electron chi connectivity index (χ2n) is 4.47. The number of aliphatic hydroxyl groups excluding tert-OH is 1. The normalized spacial score (nSPS) is 18.6. The molecule has 1 atom stereocenters. The maximum atomic E-state index is 12.0. The van der Waals surface area contributed by atoms with E-state index in [1.54, 1.807) is 18.2 Å². The van der Waals surface area contributed by atoms with E-state index in [0.717, 1.165) is 6.54 Å². The van der Waals surface area contributed by atoms with Crippen molar-refractivity contribution in [3.63, 3.8) is 0 Å². The molecule has 1 aromatic rings. The summed E-state index contributed by atoms with van der Waals surface area (Å²) >= 11 is 0. The van der Waals surface area contributed by atoms with Crippen LogP contribution >= 0.6 is 0 Å². The van der Waals surface area contributed by atoms with Crippen LogP contribution in [-0.2, 0) is 16.1 Å². The highest BCUT2D eigenvalue weighted by molar-refractivity contribution is 5.94. The number of amides is 1. The first-order chi connectivity index (χ1) is 9.74. The summed E-state index contributed by atoms with van der Waals surface area (Å²) in [6, 6.07) is 5.20. The van der Waals surface area contributed by atoms with Crippen molar-refractivity contribution in [3.05, 3.63) is 23.8 Å². The van der Waals surface area contributed by atoms with Crippen molar-refractivity contribution in [3.8, 4) is 5.75 Å². The Labute approximate surface area is 118 Å². The number of carbonyl (C=O) groups excluding carboxylic acids is 1. The van der Waals surface area contributed by atoms with Gasteiger partial charge < -0.3 is 25.2 Å². The molecule has 0 aliphatic carbocycles. The van der Waals surface area contributed by atoms with Gasteiger partial charge in [0.15, 0.2) is 0 Å². The Hall–Kier alpha value is -1.63. The van der Waals surface area contributed by atoms with Gasteiger partial charge in [0.25, 0.3) is 5.91 Å². The van der Waals surface area contributed by atoms with E-state index in [1.165, 1.54) is 0 Å². The molecule has 0 bridgehead atoms. The van der Waals surface area contributed by atoms with E-state index < -0.39 is 6.10 Å². The number of nitrogens with one attached hydrogen (secondary N) is 2. The van der Waals surface area contributed by atoms with E-state index in [2.05, 4.69) is 10.6 Å². The summed E-state index contributed by atoms with van der Waals surface area (Å²) in [7, 11) is 0. The van der Waals surface area contributed by atoms with Crippen LogP contribution in [0.4, 0.5) is 5.69 Å². The molecule has 20 heavy (non-hydrogen) atoms. The molecule has 0 radical (unpaired) electrons. The first-order valence-electron chi connectivity index (χ1n) is 6.74. The Morgan fingerprint density at radius 1 is 1.60 bits per heavy atom. The molecule has 1 heterocycles. The van der Waals surface area contributed by atoms with Crippen LogP contribution in [0, 0.1) is 0 Å². The Balaban J connectivity index is 2.03. The number of benzene rings is 1. The minimum Gasteiger partial charge on any atom is -0.494 e. The Morgan fingerprint density at radius 3 is 3.10 bits per heavy atom. The maximum Gasteiger partial charge on any atom is 0.254 e. The highest BCUT2D eigenvalue weighted by Gasteiger charge is 2.21. The molecule has 1 saturated heterocycles. The fourth-order valence-electron chi connectivity index (χ4n) is 2.03. The van der Waals surface area contributed by atoms with Gasteiger partial charge in [-0.3, -0.25) is 4.79 Å². The van der Waals surface area contributed by atoms with Crippen LogP contribution in [0.1, 0.15) is 12.5 Å². The molecule has 1 fully saturated rings. The minimum atomic E-state index is -0.479. The molecule has 0 aromatic heterocycles. The van der Waals surface area contributed by atoms with Gasteiger partial charge >= 0.3 is 0 Å². The summed E-state index contributed by atoms with van der Waals surface area (Å²) in [5.41, 5.74) is 1.27. The number of hydrogen-bond donors (Lipinski definition) is 3. The van der Waals surface area contributed by atoms with Crippen molar-refractivity contribution in [2.75, 3.05) is 31.6 Å². The Bertz CT molecular complexity index is 458. The highest BCUT2D eigenvalue weighted by Crippen LogP contribution is 2.23. The van der Waals surface area contributed by atoms with Crippen molar-refractivity contribution in [1.29, 1.82) is 0 Å². The average molecular weight is 280 g/mol. The number of rotatable bonds is 5. The van der Waals surface area contributed by atoms with E-state index in [-0.39, 0.29) is 12.5 Å². The van der Waals surface area contributed by atoms with Gasteiger partial charge in [-0.2, -0.15) is 0 Å². The third kappa shape index (κ3) is 3.69. The van der Waals surface area contributed by atoms with Crippen LogP contribution in [0.15, 0.2) is 18.2 Å². The number of ether oxygens (including phenoxy) is 2. The second kappa shape index (κ2) is 7.23. The van der Waals surface area contributed by atoms with Crippen LogP contribution in [0.5, 0.6) is 5.75 Å². The molecule has 6 heteroatoms. The standard InChI is InChI=1S/C14H20N2O4/c1-2-19-12-4-3-11(7-10(12)9-17)16-14(18)13-8-15-5-6-20-13/h3-4,7,13,15,17H,2,5-6,8-9H2,1H3,(H,16,18). The first-order valence-corrected chi connectivity index (χ1v) is 6.74. The Morgan fingerprint density at radius 2 is 2.45 bits per heavy atom. The zero-order valence-corrected chi connectivity index (χ0v) is 11.5. The number of aliphatic hydroxyl groups is 1. The number of anilines is 1. The topological polar surface area (TPSA) is 79.8 Å². The quantitative estimate of drug-likeness (QED) is 0.732. The van der Waals surface area contributed by atoms with Crippen molar-refractivity contribution in [1.82, 2.24) is 5.32 Å². The van der Waals surface area contributed by atoms with E-state index in [9.17, 15) is 9.90 Å². The predicted octanol–water partition coefficient (Wildman–Crippen LogP) is 0.504. The third-order valence-corrected chi connectivity index (χ3v) is 3.02. The molecule has 1 unspecified atom stereocenters. The molecule has 3 N–H and O–H groups in total. The second-order valence-corrected chi connectivity index (χ2v) is 4.47. The molecule has 1 aliphatic heterocycles. The zero-order valence-electron chi connectivity index (χ0n) is 11.5. The molecule has 6 nitrogen and oxygen atoms in total. The smallest absolute Gasteiger partial charge is 0.254 e. The first kappa shape index (κ1) is 14.8. The van der Waals surface area contributed by atoms with E-state index in [0.29, 0.717) is 36.8 Å². The van der Waals surface area contributed by atoms with Crippen LogP contribution in [0.2, 0.25) is 0 Å². The van der Waals surface area contributed by atoms with Crippen LogP contribution in [0.3, 0.4) is 0 Å². The molecular weight excluding hydrogens is 260 g/mol. The van der Waals surface area contributed by atoms with Gasteiger partial charge in [-0.1, -0.05) is 0 Å². The summed E-state index contributed by atoms with van der Waals surface area (Å²) in [6.45, 7) is 4.07. The molecular formula is C14H20N2O4. The summed E-state index contributed by atoms with van der Waals surface area (Å²) in [6.07, 6.45) is -0.479. The van der Waals surface area contributed by atoms with Crippen molar-refractivity contribution < 1.29 is 19.4 Å². The monoisotopic (exact) mass is 280 g/mol. The lowest BCUT2D eigenvalue weighted by atomic mass is 10.1. The lowest BCUT2D eigenvalue weighted by Crippen LogP contribution is -2.45. The number of morpholine rings is 1. The summed E-state index contributed by atoms with van der Waals surface area (Å²) in [4.78, 5) is 12.0. The molecule has 1 aromatic carbocycles. The van der Waals surface area contributed by atoms with Crippen LogP contribution in [-0.4, -0.2) is 43.4 Å². The highest BCUT2D eigenvalue weighted by atomic mass is 16.5. The Kier molecular flexibility index (Phi) is 5.34. The lowest BCUT2D eigenvalue weighted by molar-refractivity contribution is -0.128. The molecule has 110 valence electrons. The fraction of sp³-hybridized carbons (Fsp3) is 0.500. The van der Waals surface area contributed by atoms with Crippen LogP contribution in [0.25, 0.3) is 0 Å². The van der Waals surface area contributed by atoms with Crippen LogP contribution < -0.4 is 15.4 Å². The average Bonchev–Trinajstić information content (AvgIpc) is 2.50. The van der Waals surface area contributed by atoms with Gasteiger partial charge in [0.2, 0.25) is 0 Å². The largest absolute Gasteiger partial charge is 0.494 e. The fourth-order valence-corrected chi connectivity index (χ4v) is 2.03. The third-order valence-electron chi connectivity index (χ3n) is 3.02. The molecule has 1 amide bonds. The van der Waals surface area contributed by atoms with Crippen molar-refractivity contribution in [2.24, 2.45) is 0 Å². The molecule has 0 spiro atoms.